The van der Waals surface area contributed by atoms with E-state index in [0.29, 0.717) is 48.3 Å². The monoisotopic (exact) mass is 436 g/mol. The Morgan fingerprint density at radius 1 is 1.14 bits per heavy atom. The number of halogens is 3. The number of aliphatic hydroxyl groups is 1. The maximum absolute atomic E-state index is 14.3. The Bertz CT molecular complexity index is 1180. The molecule has 1 aromatic carbocycles. The second-order valence-electron chi connectivity index (χ2n) is 5.69. The average molecular weight is 437 g/mol. The number of hydrogen-bond donors (Lipinski definition) is 3. The molecule has 0 aliphatic rings. The standard InChI is InChI=1S/C17H11Cl2FN6OS/c18-9-1-7(21)2-10(19)13(9)17-26-14-11(20)4-22-16(15(14)28-17)25-12-3-8(5-27)23-6-24-12/h1-4,6,27H,5,21H2,(H,22,23,24,25). The zero-order valence-electron chi connectivity index (χ0n) is 13.9. The van der Waals surface area contributed by atoms with E-state index >= 15 is 0 Å². The number of nitrogens with one attached hydrogen (secondary N) is 1. The lowest BCUT2D eigenvalue weighted by molar-refractivity contribution is 0.276. The van der Waals surface area contributed by atoms with Crippen molar-refractivity contribution in [2.75, 3.05) is 11.1 Å². The Balaban J connectivity index is 1.83. The smallest absolute Gasteiger partial charge is 0.168 e. The van der Waals surface area contributed by atoms with Crippen molar-refractivity contribution in [3.8, 4) is 10.6 Å². The number of fused-ring (bicyclic) bond motifs is 1. The van der Waals surface area contributed by atoms with E-state index in [9.17, 15) is 9.50 Å². The first-order chi connectivity index (χ1) is 13.5. The summed E-state index contributed by atoms with van der Waals surface area (Å²) >= 11 is 13.7. The SMILES string of the molecule is Nc1cc(Cl)c(-c2nc3c(F)cnc(Nc4cc(CO)ncn4)c3s2)c(Cl)c1. The van der Waals surface area contributed by atoms with Gasteiger partial charge in [-0.05, 0) is 12.1 Å². The molecule has 0 aliphatic heterocycles. The summed E-state index contributed by atoms with van der Waals surface area (Å²) in [5.74, 6) is 0.174. The number of pyridine rings is 1. The van der Waals surface area contributed by atoms with Crippen molar-refractivity contribution in [2.45, 2.75) is 6.61 Å². The quantitative estimate of drug-likeness (QED) is 0.406. The van der Waals surface area contributed by atoms with Gasteiger partial charge in [0.15, 0.2) is 11.6 Å². The van der Waals surface area contributed by atoms with Crippen LogP contribution < -0.4 is 11.1 Å². The highest BCUT2D eigenvalue weighted by Crippen LogP contribution is 2.42. The number of benzene rings is 1. The number of anilines is 3. The van der Waals surface area contributed by atoms with E-state index in [1.807, 2.05) is 0 Å². The van der Waals surface area contributed by atoms with Gasteiger partial charge in [0, 0.05) is 17.3 Å². The molecule has 0 atom stereocenters. The molecule has 11 heteroatoms. The van der Waals surface area contributed by atoms with Crippen molar-refractivity contribution >= 4 is 62.1 Å². The number of nitrogens with two attached hydrogens (primary N) is 1. The molecule has 0 bridgehead atoms. The summed E-state index contributed by atoms with van der Waals surface area (Å²) in [4.78, 5) is 16.4. The number of hydrogen-bond acceptors (Lipinski definition) is 8. The van der Waals surface area contributed by atoms with E-state index in [2.05, 4.69) is 25.3 Å². The molecule has 0 amide bonds. The second kappa shape index (κ2) is 7.44. The fourth-order valence-corrected chi connectivity index (χ4v) is 4.44. The first-order valence-corrected chi connectivity index (χ1v) is 9.42. The molecule has 142 valence electrons. The molecule has 0 aliphatic carbocycles. The average Bonchev–Trinajstić information content (AvgIpc) is 3.09. The van der Waals surface area contributed by atoms with Gasteiger partial charge in [-0.2, -0.15) is 0 Å². The van der Waals surface area contributed by atoms with Gasteiger partial charge < -0.3 is 16.2 Å². The molecule has 0 saturated heterocycles. The summed E-state index contributed by atoms with van der Waals surface area (Å²) in [7, 11) is 0. The summed E-state index contributed by atoms with van der Waals surface area (Å²) in [6.45, 7) is -0.234. The molecular weight excluding hydrogens is 426 g/mol. The zero-order valence-corrected chi connectivity index (χ0v) is 16.3. The van der Waals surface area contributed by atoms with Crippen LogP contribution in [0.15, 0.2) is 30.7 Å². The summed E-state index contributed by atoms with van der Waals surface area (Å²) in [6, 6.07) is 4.67. The van der Waals surface area contributed by atoms with Crippen LogP contribution in [0.2, 0.25) is 10.0 Å². The van der Waals surface area contributed by atoms with Crippen LogP contribution in [0.5, 0.6) is 0 Å². The van der Waals surface area contributed by atoms with E-state index in [4.69, 9.17) is 28.9 Å². The van der Waals surface area contributed by atoms with Gasteiger partial charge >= 0.3 is 0 Å². The number of aliphatic hydroxyl groups excluding tert-OH is 1. The molecule has 7 nitrogen and oxygen atoms in total. The summed E-state index contributed by atoms with van der Waals surface area (Å²) < 4.78 is 14.8. The maximum atomic E-state index is 14.3. The van der Waals surface area contributed by atoms with E-state index in [1.165, 1.54) is 17.7 Å². The summed E-state index contributed by atoms with van der Waals surface area (Å²) in [5, 5.41) is 13.3. The minimum absolute atomic E-state index is 0.123. The van der Waals surface area contributed by atoms with E-state index < -0.39 is 5.82 Å². The highest BCUT2D eigenvalue weighted by Gasteiger charge is 2.19. The normalized spacial score (nSPS) is 11.1. The number of aromatic nitrogens is 4. The number of nitrogens with zero attached hydrogens (tertiary/aromatic N) is 4. The zero-order chi connectivity index (χ0) is 19.8. The predicted molar refractivity (Wildman–Crippen MR) is 108 cm³/mol. The van der Waals surface area contributed by atoms with Gasteiger partial charge in [-0.3, -0.25) is 0 Å². The van der Waals surface area contributed by atoms with Crippen LogP contribution in [0.25, 0.3) is 20.8 Å². The molecule has 4 N–H and O–H groups in total. The van der Waals surface area contributed by atoms with Gasteiger partial charge in [-0.1, -0.05) is 23.2 Å². The molecule has 4 aromatic rings. The Labute approximate surface area is 172 Å². The minimum atomic E-state index is -0.579. The molecule has 28 heavy (non-hydrogen) atoms. The van der Waals surface area contributed by atoms with Gasteiger partial charge in [-0.15, -0.1) is 11.3 Å². The minimum Gasteiger partial charge on any atom is -0.399 e. The fraction of sp³-hybridized carbons (Fsp3) is 0.0588. The maximum Gasteiger partial charge on any atom is 0.168 e. The molecular formula is C17H11Cl2FN6OS. The Kier molecular flexibility index (Phi) is 4.98. The predicted octanol–water partition coefficient (Wildman–Crippen LogP) is 4.41. The topological polar surface area (TPSA) is 110 Å². The van der Waals surface area contributed by atoms with Gasteiger partial charge in [0.2, 0.25) is 0 Å². The second-order valence-corrected chi connectivity index (χ2v) is 7.50. The molecule has 0 spiro atoms. The van der Waals surface area contributed by atoms with Crippen LogP contribution in [-0.4, -0.2) is 25.0 Å². The first kappa shape index (κ1) is 18.8. The lowest BCUT2D eigenvalue weighted by atomic mass is 10.2. The van der Waals surface area contributed by atoms with Crippen molar-refractivity contribution < 1.29 is 9.50 Å². The number of rotatable bonds is 4. The van der Waals surface area contributed by atoms with Crippen LogP contribution >= 0.6 is 34.5 Å². The van der Waals surface area contributed by atoms with Gasteiger partial charge in [0.05, 0.1) is 28.5 Å². The molecule has 3 heterocycles. The van der Waals surface area contributed by atoms with Crippen LogP contribution in [-0.2, 0) is 6.61 Å². The lowest BCUT2D eigenvalue weighted by Crippen LogP contribution is -1.99. The largest absolute Gasteiger partial charge is 0.399 e. The van der Waals surface area contributed by atoms with Crippen molar-refractivity contribution in [3.05, 3.63) is 52.3 Å². The first-order valence-electron chi connectivity index (χ1n) is 7.85. The van der Waals surface area contributed by atoms with Crippen molar-refractivity contribution in [1.29, 1.82) is 0 Å². The Morgan fingerprint density at radius 3 is 2.61 bits per heavy atom. The van der Waals surface area contributed by atoms with Crippen LogP contribution in [0, 0.1) is 5.82 Å². The van der Waals surface area contributed by atoms with Gasteiger partial charge in [0.25, 0.3) is 0 Å². The fourth-order valence-electron chi connectivity index (χ4n) is 2.55. The summed E-state index contributed by atoms with van der Waals surface area (Å²) in [6.07, 6.45) is 2.37. The van der Waals surface area contributed by atoms with Crippen LogP contribution in [0.4, 0.5) is 21.7 Å². The molecule has 3 aromatic heterocycles. The van der Waals surface area contributed by atoms with Crippen LogP contribution in [0.3, 0.4) is 0 Å². The Morgan fingerprint density at radius 2 is 1.89 bits per heavy atom. The van der Waals surface area contributed by atoms with E-state index in [0.717, 1.165) is 6.20 Å². The highest BCUT2D eigenvalue weighted by molar-refractivity contribution is 7.22. The van der Waals surface area contributed by atoms with E-state index in [-0.39, 0.29) is 12.1 Å². The summed E-state index contributed by atoms with van der Waals surface area (Å²) in [5.41, 5.74) is 7.18. The van der Waals surface area contributed by atoms with Crippen molar-refractivity contribution in [1.82, 2.24) is 19.9 Å². The molecule has 0 unspecified atom stereocenters. The third-order valence-corrected chi connectivity index (χ3v) is 5.46. The van der Waals surface area contributed by atoms with Gasteiger partial charge in [0.1, 0.15) is 27.4 Å². The van der Waals surface area contributed by atoms with Crippen molar-refractivity contribution in [3.63, 3.8) is 0 Å². The van der Waals surface area contributed by atoms with E-state index in [1.54, 1.807) is 18.2 Å². The molecule has 0 fully saturated rings. The van der Waals surface area contributed by atoms with Gasteiger partial charge in [-0.25, -0.2) is 24.3 Å². The molecule has 0 saturated carbocycles. The lowest BCUT2D eigenvalue weighted by Gasteiger charge is -2.06. The van der Waals surface area contributed by atoms with Crippen molar-refractivity contribution in [2.24, 2.45) is 0 Å². The number of nitrogen functional groups attached to an aromatic ring is 1. The molecule has 0 radical (unpaired) electrons. The van der Waals surface area contributed by atoms with Crippen LogP contribution in [0.1, 0.15) is 5.69 Å². The molecule has 4 rings (SSSR count). The third kappa shape index (κ3) is 3.45. The Hall–Kier alpha value is -2.59. The number of thiazole rings is 1. The highest BCUT2D eigenvalue weighted by atomic mass is 35.5. The third-order valence-electron chi connectivity index (χ3n) is 3.79.